The Morgan fingerprint density at radius 1 is 0.962 bits per heavy atom. The van der Waals surface area contributed by atoms with Gasteiger partial charge in [0.15, 0.2) is 0 Å². The molecule has 0 saturated carbocycles. The van der Waals surface area contributed by atoms with E-state index in [1.807, 2.05) is 60.8 Å². The van der Waals surface area contributed by atoms with Crippen LogP contribution in [-0.4, -0.2) is 16.1 Å². The first-order valence-electron chi connectivity index (χ1n) is 8.33. The number of carbonyl (C=O) groups is 1. The van der Waals surface area contributed by atoms with Gasteiger partial charge in [0, 0.05) is 17.5 Å². The third kappa shape index (κ3) is 3.05. The summed E-state index contributed by atoms with van der Waals surface area (Å²) in [7, 11) is 0. The molecule has 0 aliphatic rings. The molecule has 4 aromatic rings. The third-order valence-corrected chi connectivity index (χ3v) is 4.38. The van der Waals surface area contributed by atoms with Crippen molar-refractivity contribution >= 4 is 16.7 Å². The van der Waals surface area contributed by atoms with Crippen LogP contribution in [0.3, 0.4) is 0 Å². The molecule has 128 valence electrons. The lowest BCUT2D eigenvalue weighted by atomic mass is 10.1. The van der Waals surface area contributed by atoms with Crippen LogP contribution in [0.15, 0.2) is 79.0 Å². The van der Waals surface area contributed by atoms with Crippen LogP contribution < -0.4 is 4.74 Å². The van der Waals surface area contributed by atoms with Crippen molar-refractivity contribution in [2.75, 3.05) is 0 Å². The second kappa shape index (κ2) is 6.76. The van der Waals surface area contributed by atoms with Crippen LogP contribution in [0.4, 0.5) is 0 Å². The number of aromatic nitrogens is 1. The summed E-state index contributed by atoms with van der Waals surface area (Å²) in [6.45, 7) is 0.301. The van der Waals surface area contributed by atoms with E-state index in [1.165, 1.54) is 0 Å². The van der Waals surface area contributed by atoms with E-state index in [0.717, 1.165) is 27.6 Å². The maximum atomic E-state index is 11.6. The largest absolute Gasteiger partial charge is 0.488 e. The molecular formula is C22H17NO3. The molecule has 26 heavy (non-hydrogen) atoms. The van der Waals surface area contributed by atoms with Crippen LogP contribution in [0.25, 0.3) is 22.0 Å². The van der Waals surface area contributed by atoms with Gasteiger partial charge in [-0.25, -0.2) is 4.79 Å². The Morgan fingerprint density at radius 3 is 2.62 bits per heavy atom. The number of hydrogen-bond donors (Lipinski definition) is 2. The van der Waals surface area contributed by atoms with Gasteiger partial charge in [-0.15, -0.1) is 0 Å². The first kappa shape index (κ1) is 16.0. The van der Waals surface area contributed by atoms with E-state index in [1.54, 1.807) is 18.2 Å². The van der Waals surface area contributed by atoms with Crippen molar-refractivity contribution < 1.29 is 14.6 Å². The Hall–Kier alpha value is -3.53. The van der Waals surface area contributed by atoms with Gasteiger partial charge < -0.3 is 14.8 Å². The number of carboxylic acids is 1. The number of fused-ring (bicyclic) bond motifs is 1. The molecule has 0 bridgehead atoms. The molecule has 2 N–H and O–H groups in total. The lowest BCUT2D eigenvalue weighted by molar-refractivity contribution is 0.0692. The highest BCUT2D eigenvalue weighted by Gasteiger charge is 2.14. The Bertz CT molecular complexity index is 1060. The Kier molecular flexibility index (Phi) is 4.15. The van der Waals surface area contributed by atoms with Crippen LogP contribution >= 0.6 is 0 Å². The molecule has 0 aliphatic heterocycles. The summed E-state index contributed by atoms with van der Waals surface area (Å²) in [5, 5.41) is 11.7. The molecule has 0 aliphatic carbocycles. The molecule has 0 fully saturated rings. The second-order valence-electron chi connectivity index (χ2n) is 6.03. The van der Waals surface area contributed by atoms with Crippen LogP contribution in [-0.2, 0) is 6.61 Å². The quantitative estimate of drug-likeness (QED) is 0.529. The Balaban J connectivity index is 1.68. The minimum atomic E-state index is -1.00. The number of benzene rings is 3. The topological polar surface area (TPSA) is 62.3 Å². The summed E-state index contributed by atoms with van der Waals surface area (Å²) in [4.78, 5) is 14.7. The number of aromatic carboxylic acids is 1. The average molecular weight is 343 g/mol. The first-order chi connectivity index (χ1) is 12.7. The molecule has 4 heteroatoms. The van der Waals surface area contributed by atoms with Gasteiger partial charge in [0.2, 0.25) is 0 Å². The van der Waals surface area contributed by atoms with E-state index < -0.39 is 5.97 Å². The van der Waals surface area contributed by atoms with Gasteiger partial charge in [0.1, 0.15) is 17.9 Å². The van der Waals surface area contributed by atoms with E-state index in [9.17, 15) is 9.90 Å². The van der Waals surface area contributed by atoms with Gasteiger partial charge in [-0.05, 0) is 40.6 Å². The number of H-pyrrole nitrogens is 1. The van der Waals surface area contributed by atoms with Gasteiger partial charge in [-0.1, -0.05) is 48.5 Å². The van der Waals surface area contributed by atoms with Crippen LogP contribution in [0.5, 0.6) is 5.75 Å². The lowest BCUT2D eigenvalue weighted by Gasteiger charge is -2.12. The van der Waals surface area contributed by atoms with Crippen LogP contribution in [0.2, 0.25) is 0 Å². The number of hydrogen-bond acceptors (Lipinski definition) is 2. The summed E-state index contributed by atoms with van der Waals surface area (Å²) >= 11 is 0. The maximum absolute atomic E-state index is 11.6. The molecular weight excluding hydrogens is 326 g/mol. The predicted octanol–water partition coefficient (Wildman–Crippen LogP) is 5.11. The Morgan fingerprint density at radius 2 is 1.81 bits per heavy atom. The zero-order valence-corrected chi connectivity index (χ0v) is 14.0. The van der Waals surface area contributed by atoms with Gasteiger partial charge in [0.25, 0.3) is 0 Å². The number of ether oxygens (including phenoxy) is 1. The van der Waals surface area contributed by atoms with Gasteiger partial charge >= 0.3 is 5.97 Å². The highest BCUT2D eigenvalue weighted by Crippen LogP contribution is 2.28. The molecule has 0 radical (unpaired) electrons. The van der Waals surface area contributed by atoms with Crippen molar-refractivity contribution in [3.05, 3.63) is 90.1 Å². The number of aromatic amines is 1. The van der Waals surface area contributed by atoms with Gasteiger partial charge in [-0.2, -0.15) is 0 Å². The van der Waals surface area contributed by atoms with E-state index in [0.29, 0.717) is 12.4 Å². The van der Waals surface area contributed by atoms with Crippen molar-refractivity contribution in [2.45, 2.75) is 6.61 Å². The van der Waals surface area contributed by atoms with E-state index >= 15 is 0 Å². The van der Waals surface area contributed by atoms with Crippen molar-refractivity contribution in [3.63, 3.8) is 0 Å². The fraction of sp³-hybridized carbons (Fsp3) is 0.0455. The molecule has 0 unspecified atom stereocenters. The average Bonchev–Trinajstić information content (AvgIpc) is 3.21. The molecule has 4 nitrogen and oxygen atoms in total. The summed E-state index contributed by atoms with van der Waals surface area (Å²) in [5.41, 5.74) is 2.97. The molecule has 1 aromatic heterocycles. The van der Waals surface area contributed by atoms with Crippen molar-refractivity contribution in [2.24, 2.45) is 0 Å². The smallest absolute Gasteiger partial charge is 0.339 e. The first-order valence-corrected chi connectivity index (χ1v) is 8.33. The third-order valence-electron chi connectivity index (χ3n) is 4.38. The minimum absolute atomic E-state index is 0.153. The summed E-state index contributed by atoms with van der Waals surface area (Å²) in [6, 6.07) is 23.1. The zero-order chi connectivity index (χ0) is 17.9. The SMILES string of the molecule is O=C(O)c1ccc(-c2ccc[nH]2)cc1OCc1cccc2ccccc12. The zero-order valence-electron chi connectivity index (χ0n) is 14.0. The molecule has 0 amide bonds. The number of carboxylic acid groups (broad SMARTS) is 1. The molecule has 0 saturated heterocycles. The monoisotopic (exact) mass is 343 g/mol. The summed E-state index contributed by atoms with van der Waals surface area (Å²) in [6.07, 6.45) is 1.83. The van der Waals surface area contributed by atoms with Crippen LogP contribution in [0.1, 0.15) is 15.9 Å². The highest BCUT2D eigenvalue weighted by molar-refractivity contribution is 5.92. The van der Waals surface area contributed by atoms with Gasteiger partial charge in [-0.3, -0.25) is 0 Å². The highest BCUT2D eigenvalue weighted by atomic mass is 16.5. The van der Waals surface area contributed by atoms with Crippen molar-refractivity contribution in [1.29, 1.82) is 0 Å². The summed E-state index contributed by atoms with van der Waals surface area (Å²) < 4.78 is 5.94. The van der Waals surface area contributed by atoms with E-state index in [4.69, 9.17) is 4.74 Å². The predicted molar refractivity (Wildman–Crippen MR) is 101 cm³/mol. The fourth-order valence-electron chi connectivity index (χ4n) is 3.07. The minimum Gasteiger partial charge on any atom is -0.488 e. The molecule has 3 aromatic carbocycles. The van der Waals surface area contributed by atoms with Crippen molar-refractivity contribution in [3.8, 4) is 17.0 Å². The fourth-order valence-corrected chi connectivity index (χ4v) is 3.07. The summed E-state index contributed by atoms with van der Waals surface area (Å²) in [5.74, 6) is -0.645. The van der Waals surface area contributed by atoms with E-state index in [-0.39, 0.29) is 5.56 Å². The van der Waals surface area contributed by atoms with E-state index in [2.05, 4.69) is 4.98 Å². The molecule has 4 rings (SSSR count). The van der Waals surface area contributed by atoms with Crippen molar-refractivity contribution in [1.82, 2.24) is 4.98 Å². The Labute approximate surface area is 150 Å². The van der Waals surface area contributed by atoms with Crippen LogP contribution in [0, 0.1) is 0 Å². The second-order valence-corrected chi connectivity index (χ2v) is 6.03. The normalized spacial score (nSPS) is 10.8. The molecule has 1 heterocycles. The molecule has 0 atom stereocenters. The maximum Gasteiger partial charge on any atom is 0.339 e. The standard InChI is InChI=1S/C22H17NO3/c24-22(25)19-11-10-16(20-9-4-12-23-20)13-21(19)26-14-17-7-3-6-15-5-1-2-8-18(15)17/h1-13,23H,14H2,(H,24,25). The lowest BCUT2D eigenvalue weighted by Crippen LogP contribution is -2.04. The molecule has 0 spiro atoms. The number of nitrogens with one attached hydrogen (secondary N) is 1. The number of rotatable bonds is 5. The van der Waals surface area contributed by atoms with Gasteiger partial charge in [0.05, 0.1) is 0 Å².